The van der Waals surface area contributed by atoms with Gasteiger partial charge in [0, 0.05) is 27.7 Å². The Morgan fingerprint density at radius 3 is 2.50 bits per heavy atom. The van der Waals surface area contributed by atoms with Gasteiger partial charge in [0.25, 0.3) is 0 Å². The van der Waals surface area contributed by atoms with Crippen LogP contribution < -0.4 is 0 Å². The number of aldehydes is 1. The number of hydrogen-bond donors (Lipinski definition) is 2. The summed E-state index contributed by atoms with van der Waals surface area (Å²) < 4.78 is 0. The molecular weight excluding hydrogens is 224 g/mol. The summed E-state index contributed by atoms with van der Waals surface area (Å²) in [5.74, 6) is 0. The molecule has 4 aromatic rings. The molecule has 0 amide bonds. The molecule has 4 rings (SSSR count). The van der Waals surface area contributed by atoms with Crippen LogP contribution in [0.3, 0.4) is 0 Å². The van der Waals surface area contributed by atoms with Gasteiger partial charge in [0.2, 0.25) is 0 Å². The average molecular weight is 234 g/mol. The minimum atomic E-state index is 0.615. The van der Waals surface area contributed by atoms with E-state index in [1.807, 2.05) is 18.3 Å². The molecule has 0 saturated heterocycles. The molecule has 0 aliphatic carbocycles. The van der Waals surface area contributed by atoms with Crippen molar-refractivity contribution in [3.63, 3.8) is 0 Å². The molecule has 0 radical (unpaired) electrons. The lowest BCUT2D eigenvalue weighted by atomic mass is 10.1. The maximum absolute atomic E-state index is 10.8. The lowest BCUT2D eigenvalue weighted by Crippen LogP contribution is -1.79. The van der Waals surface area contributed by atoms with E-state index in [9.17, 15) is 4.79 Å². The van der Waals surface area contributed by atoms with Crippen molar-refractivity contribution in [1.82, 2.24) is 9.97 Å². The van der Waals surface area contributed by atoms with Crippen LogP contribution in [0.1, 0.15) is 10.5 Å². The Hall–Kier alpha value is -2.55. The molecule has 0 unspecified atom stereocenters. The normalized spacial score (nSPS) is 11.6. The van der Waals surface area contributed by atoms with E-state index in [0.717, 1.165) is 28.1 Å². The molecular formula is C15H10N2O. The second-order valence-corrected chi connectivity index (χ2v) is 4.47. The van der Waals surface area contributed by atoms with Gasteiger partial charge in [-0.2, -0.15) is 0 Å². The van der Waals surface area contributed by atoms with Crippen LogP contribution in [-0.4, -0.2) is 16.3 Å². The zero-order valence-corrected chi connectivity index (χ0v) is 9.53. The van der Waals surface area contributed by atoms with Crippen LogP contribution in [0.5, 0.6) is 0 Å². The number of aromatic nitrogens is 2. The van der Waals surface area contributed by atoms with Crippen molar-refractivity contribution in [3.05, 3.63) is 48.3 Å². The number of hydrogen-bond acceptors (Lipinski definition) is 1. The summed E-state index contributed by atoms with van der Waals surface area (Å²) in [7, 11) is 0. The Bertz CT molecular complexity index is 899. The van der Waals surface area contributed by atoms with Crippen LogP contribution >= 0.6 is 0 Å². The third kappa shape index (κ3) is 1.10. The van der Waals surface area contributed by atoms with E-state index in [1.165, 1.54) is 10.8 Å². The third-order valence-electron chi connectivity index (χ3n) is 3.46. The lowest BCUT2D eigenvalue weighted by molar-refractivity contribution is 0.112. The Morgan fingerprint density at radius 2 is 1.67 bits per heavy atom. The molecule has 2 aromatic carbocycles. The fourth-order valence-electron chi connectivity index (χ4n) is 2.63. The Morgan fingerprint density at radius 1 is 0.889 bits per heavy atom. The van der Waals surface area contributed by atoms with Crippen molar-refractivity contribution < 1.29 is 4.79 Å². The molecule has 0 aliphatic heterocycles. The zero-order valence-electron chi connectivity index (χ0n) is 9.53. The lowest BCUT2D eigenvalue weighted by Gasteiger charge is -2.01. The summed E-state index contributed by atoms with van der Waals surface area (Å²) >= 11 is 0. The van der Waals surface area contributed by atoms with Crippen molar-refractivity contribution in [2.24, 2.45) is 0 Å². The first-order valence-corrected chi connectivity index (χ1v) is 5.83. The van der Waals surface area contributed by atoms with E-state index in [1.54, 1.807) is 0 Å². The first kappa shape index (κ1) is 9.48. The fourth-order valence-corrected chi connectivity index (χ4v) is 2.63. The van der Waals surface area contributed by atoms with E-state index in [-0.39, 0.29) is 0 Å². The molecule has 0 atom stereocenters. The number of aromatic amines is 2. The summed E-state index contributed by atoms with van der Waals surface area (Å²) in [5.41, 5.74) is 2.77. The summed E-state index contributed by atoms with van der Waals surface area (Å²) in [6.07, 6.45) is 2.79. The van der Waals surface area contributed by atoms with Crippen LogP contribution in [0.4, 0.5) is 0 Å². The number of rotatable bonds is 1. The highest BCUT2D eigenvalue weighted by atomic mass is 16.1. The van der Waals surface area contributed by atoms with Crippen molar-refractivity contribution in [2.45, 2.75) is 0 Å². The van der Waals surface area contributed by atoms with Gasteiger partial charge in [-0.3, -0.25) is 4.79 Å². The van der Waals surface area contributed by atoms with E-state index in [2.05, 4.69) is 34.2 Å². The number of carbonyl (C=O) groups is 1. The Kier molecular flexibility index (Phi) is 1.70. The van der Waals surface area contributed by atoms with Gasteiger partial charge in [-0.15, -0.1) is 0 Å². The SMILES string of the molecule is O=Cc1cc2ccc3c(ccc4cc[nH]c43)c2[nH]1. The molecule has 0 saturated carbocycles. The quantitative estimate of drug-likeness (QED) is 0.485. The molecule has 86 valence electrons. The predicted octanol–water partition coefficient (Wildman–Crippen LogP) is 3.61. The molecule has 0 aliphatic rings. The van der Waals surface area contributed by atoms with Gasteiger partial charge in [-0.25, -0.2) is 0 Å². The van der Waals surface area contributed by atoms with E-state index < -0.39 is 0 Å². The van der Waals surface area contributed by atoms with Crippen molar-refractivity contribution in [1.29, 1.82) is 0 Å². The van der Waals surface area contributed by atoms with Gasteiger partial charge in [-0.1, -0.05) is 24.3 Å². The Labute approximate surface area is 102 Å². The fraction of sp³-hybridized carbons (Fsp3) is 0. The molecule has 3 heteroatoms. The van der Waals surface area contributed by atoms with Crippen molar-refractivity contribution in [3.8, 4) is 0 Å². The summed E-state index contributed by atoms with van der Waals surface area (Å²) in [5, 5.41) is 4.57. The molecule has 0 fully saturated rings. The largest absolute Gasteiger partial charge is 0.361 e. The topological polar surface area (TPSA) is 48.6 Å². The van der Waals surface area contributed by atoms with E-state index in [0.29, 0.717) is 5.69 Å². The predicted molar refractivity (Wildman–Crippen MR) is 73.0 cm³/mol. The standard InChI is InChI=1S/C15H10N2O/c18-8-11-7-10-2-4-12-13(15(10)17-11)3-1-9-5-6-16-14(9)12/h1-8,16-17H. The molecule has 2 N–H and O–H groups in total. The van der Waals surface area contributed by atoms with Gasteiger partial charge < -0.3 is 9.97 Å². The first-order chi connectivity index (χ1) is 8.86. The van der Waals surface area contributed by atoms with Gasteiger partial charge in [0.1, 0.15) is 0 Å². The monoisotopic (exact) mass is 234 g/mol. The summed E-state index contributed by atoms with van der Waals surface area (Å²) in [6.45, 7) is 0. The number of nitrogens with one attached hydrogen (secondary N) is 2. The van der Waals surface area contributed by atoms with Crippen molar-refractivity contribution in [2.75, 3.05) is 0 Å². The number of H-pyrrole nitrogens is 2. The highest BCUT2D eigenvalue weighted by Gasteiger charge is 2.07. The highest BCUT2D eigenvalue weighted by Crippen LogP contribution is 2.30. The van der Waals surface area contributed by atoms with Crippen LogP contribution in [0.15, 0.2) is 42.6 Å². The maximum atomic E-state index is 10.8. The minimum absolute atomic E-state index is 0.615. The second-order valence-electron chi connectivity index (χ2n) is 4.47. The zero-order chi connectivity index (χ0) is 12.1. The Balaban J connectivity index is 2.26. The third-order valence-corrected chi connectivity index (χ3v) is 3.46. The molecule has 2 aromatic heterocycles. The highest BCUT2D eigenvalue weighted by molar-refractivity contribution is 6.15. The summed E-state index contributed by atoms with van der Waals surface area (Å²) in [6, 6.07) is 12.3. The molecule has 0 bridgehead atoms. The first-order valence-electron chi connectivity index (χ1n) is 5.83. The number of carbonyl (C=O) groups excluding carboxylic acids is 1. The number of benzene rings is 2. The van der Waals surface area contributed by atoms with Crippen LogP contribution in [0, 0.1) is 0 Å². The smallest absolute Gasteiger partial charge is 0.166 e. The number of fused-ring (bicyclic) bond motifs is 5. The average Bonchev–Trinajstić information content (AvgIpc) is 3.03. The maximum Gasteiger partial charge on any atom is 0.166 e. The molecule has 2 heterocycles. The molecule has 0 spiro atoms. The van der Waals surface area contributed by atoms with Crippen molar-refractivity contribution >= 4 is 38.9 Å². The van der Waals surface area contributed by atoms with Crippen LogP contribution in [0.2, 0.25) is 0 Å². The van der Waals surface area contributed by atoms with Gasteiger partial charge in [0.15, 0.2) is 6.29 Å². The van der Waals surface area contributed by atoms with E-state index >= 15 is 0 Å². The van der Waals surface area contributed by atoms with Gasteiger partial charge >= 0.3 is 0 Å². The van der Waals surface area contributed by atoms with Gasteiger partial charge in [-0.05, 0) is 12.1 Å². The molecule has 18 heavy (non-hydrogen) atoms. The second kappa shape index (κ2) is 3.23. The van der Waals surface area contributed by atoms with Gasteiger partial charge in [0.05, 0.1) is 16.7 Å². The summed E-state index contributed by atoms with van der Waals surface area (Å²) in [4.78, 5) is 17.3. The minimum Gasteiger partial charge on any atom is -0.361 e. The van der Waals surface area contributed by atoms with Crippen LogP contribution in [-0.2, 0) is 0 Å². The van der Waals surface area contributed by atoms with E-state index in [4.69, 9.17) is 0 Å². The molecule has 3 nitrogen and oxygen atoms in total. The van der Waals surface area contributed by atoms with Crippen LogP contribution in [0.25, 0.3) is 32.6 Å².